The molecule has 2 aromatic carbocycles. The maximum Gasteiger partial charge on any atom is 0.337 e. The molecule has 0 fully saturated rings. The van der Waals surface area contributed by atoms with Crippen molar-refractivity contribution >= 4 is 58.3 Å². The van der Waals surface area contributed by atoms with Gasteiger partial charge in [0, 0.05) is 9.75 Å². The number of anilines is 1. The number of hydrogen-bond acceptors (Lipinski definition) is 5. The third-order valence-corrected chi connectivity index (χ3v) is 6.23. The van der Waals surface area contributed by atoms with E-state index < -0.39 is 11.9 Å². The van der Waals surface area contributed by atoms with Crippen molar-refractivity contribution in [3.8, 4) is 10.4 Å². The van der Waals surface area contributed by atoms with E-state index in [2.05, 4.69) is 5.10 Å². The summed E-state index contributed by atoms with van der Waals surface area (Å²) < 4.78 is 0. The summed E-state index contributed by atoms with van der Waals surface area (Å²) >= 11 is 7.35. The van der Waals surface area contributed by atoms with Gasteiger partial charge in [0.2, 0.25) is 0 Å². The van der Waals surface area contributed by atoms with Gasteiger partial charge in [-0.1, -0.05) is 17.7 Å². The highest BCUT2D eigenvalue weighted by atomic mass is 35.5. The zero-order valence-electron chi connectivity index (χ0n) is 16.6. The van der Waals surface area contributed by atoms with Crippen LogP contribution in [0.4, 0.5) is 5.69 Å². The van der Waals surface area contributed by atoms with Crippen LogP contribution in [0.25, 0.3) is 16.5 Å². The number of nitrogens with zero attached hydrogens (tertiary/aromatic N) is 2. The minimum absolute atomic E-state index is 0.0241. The van der Waals surface area contributed by atoms with Crippen molar-refractivity contribution < 1.29 is 24.6 Å². The number of halogens is 1. The van der Waals surface area contributed by atoms with Crippen molar-refractivity contribution in [1.82, 2.24) is 0 Å². The molecule has 0 unspecified atom stereocenters. The van der Waals surface area contributed by atoms with Crippen molar-refractivity contribution in [1.29, 1.82) is 0 Å². The van der Waals surface area contributed by atoms with Crippen molar-refractivity contribution in [2.24, 2.45) is 5.10 Å². The Morgan fingerprint density at radius 3 is 2.41 bits per heavy atom. The second-order valence-corrected chi connectivity index (χ2v) is 8.44. The normalized spacial score (nSPS) is 14.7. The van der Waals surface area contributed by atoms with Gasteiger partial charge in [0.05, 0.1) is 33.1 Å². The molecule has 32 heavy (non-hydrogen) atoms. The van der Waals surface area contributed by atoms with Crippen molar-refractivity contribution in [2.45, 2.75) is 6.92 Å². The van der Waals surface area contributed by atoms with E-state index in [0.717, 1.165) is 9.75 Å². The van der Waals surface area contributed by atoms with Crippen LogP contribution in [0.15, 0.2) is 65.3 Å². The van der Waals surface area contributed by atoms with Crippen LogP contribution in [0.2, 0.25) is 5.02 Å². The van der Waals surface area contributed by atoms with Gasteiger partial charge in [-0.2, -0.15) is 10.1 Å². The molecule has 0 atom stereocenters. The van der Waals surface area contributed by atoms with Crippen LogP contribution < -0.4 is 5.01 Å². The summed E-state index contributed by atoms with van der Waals surface area (Å²) in [7, 11) is 0. The SMILES string of the molecule is CC1=NN(c2ccc(C(=O)O)cc2)C(=O)/C1=C\c1ccc(-c2ccc(Cl)c(C(=O)O)c2)s1. The first-order valence-electron chi connectivity index (χ1n) is 9.33. The van der Waals surface area contributed by atoms with E-state index in [-0.39, 0.29) is 22.1 Å². The van der Waals surface area contributed by atoms with E-state index in [9.17, 15) is 19.5 Å². The van der Waals surface area contributed by atoms with Crippen LogP contribution >= 0.6 is 22.9 Å². The maximum absolute atomic E-state index is 12.9. The van der Waals surface area contributed by atoms with Crippen LogP contribution in [0, 0.1) is 0 Å². The molecule has 0 aliphatic carbocycles. The lowest BCUT2D eigenvalue weighted by atomic mass is 10.1. The number of carbonyl (C=O) groups is 3. The number of carboxylic acid groups (broad SMARTS) is 2. The van der Waals surface area contributed by atoms with Gasteiger partial charge in [0.15, 0.2) is 0 Å². The number of hydrogen-bond donors (Lipinski definition) is 2. The van der Waals surface area contributed by atoms with Gasteiger partial charge in [0.1, 0.15) is 0 Å². The van der Waals surface area contributed by atoms with Crippen LogP contribution in [-0.2, 0) is 4.79 Å². The quantitative estimate of drug-likeness (QED) is 0.498. The summed E-state index contributed by atoms with van der Waals surface area (Å²) in [5.41, 5.74) is 2.28. The second kappa shape index (κ2) is 8.41. The van der Waals surface area contributed by atoms with E-state index in [4.69, 9.17) is 16.7 Å². The number of amides is 1. The minimum atomic E-state index is -1.10. The zero-order valence-corrected chi connectivity index (χ0v) is 18.1. The molecular formula is C23H15ClN2O5S. The number of carbonyl (C=O) groups excluding carboxylic acids is 1. The maximum atomic E-state index is 12.9. The molecule has 3 aromatic rings. The Balaban J connectivity index is 1.60. The molecule has 0 radical (unpaired) electrons. The lowest BCUT2D eigenvalue weighted by Gasteiger charge is -2.11. The van der Waals surface area contributed by atoms with Gasteiger partial charge in [0.25, 0.3) is 5.91 Å². The standard InChI is InChI=1S/C23H15ClN2O5S/c1-12-17(21(27)26(25-12)15-5-2-13(3-6-15)22(28)29)11-16-7-9-20(32-16)14-4-8-19(24)18(10-14)23(30)31/h2-11H,1H3,(H,28,29)(H,30,31)/b17-11-. The van der Waals surface area contributed by atoms with Crippen LogP contribution in [0.3, 0.4) is 0 Å². The fraction of sp³-hybridized carbons (Fsp3) is 0.0435. The Morgan fingerprint density at radius 1 is 1.03 bits per heavy atom. The first-order valence-corrected chi connectivity index (χ1v) is 10.5. The molecule has 0 saturated heterocycles. The Hall–Kier alpha value is -3.75. The predicted octanol–water partition coefficient (Wildman–Crippen LogP) is 5.27. The fourth-order valence-corrected chi connectivity index (χ4v) is 4.32. The monoisotopic (exact) mass is 466 g/mol. The van der Waals surface area contributed by atoms with Crippen LogP contribution in [0.5, 0.6) is 0 Å². The van der Waals surface area contributed by atoms with Crippen LogP contribution in [0.1, 0.15) is 32.5 Å². The summed E-state index contributed by atoms with van der Waals surface area (Å²) in [6.07, 6.45) is 1.73. The molecule has 1 aliphatic heterocycles. The van der Waals surface area contributed by atoms with E-state index >= 15 is 0 Å². The summed E-state index contributed by atoms with van der Waals surface area (Å²) in [5.74, 6) is -2.47. The van der Waals surface area contributed by atoms with Crippen molar-refractivity contribution in [3.05, 3.63) is 81.2 Å². The highest BCUT2D eigenvalue weighted by Crippen LogP contribution is 2.33. The molecule has 160 valence electrons. The molecule has 1 amide bonds. The van der Waals surface area contributed by atoms with Gasteiger partial charge < -0.3 is 10.2 Å². The molecule has 1 aliphatic rings. The van der Waals surface area contributed by atoms with Gasteiger partial charge in [-0.3, -0.25) is 4.79 Å². The highest BCUT2D eigenvalue weighted by molar-refractivity contribution is 7.16. The molecule has 7 nitrogen and oxygen atoms in total. The van der Waals surface area contributed by atoms with Gasteiger partial charge in [-0.15, -0.1) is 11.3 Å². The number of hydrazone groups is 1. The lowest BCUT2D eigenvalue weighted by Crippen LogP contribution is -2.21. The Kier molecular flexibility index (Phi) is 5.65. The summed E-state index contributed by atoms with van der Waals surface area (Å²) in [6, 6.07) is 14.4. The smallest absolute Gasteiger partial charge is 0.337 e. The number of rotatable bonds is 5. The minimum Gasteiger partial charge on any atom is -0.478 e. The zero-order chi connectivity index (χ0) is 23.0. The average molecular weight is 467 g/mol. The van der Waals surface area contributed by atoms with E-state index in [1.807, 2.05) is 12.1 Å². The Bertz CT molecular complexity index is 1320. The highest BCUT2D eigenvalue weighted by Gasteiger charge is 2.29. The first kappa shape index (κ1) is 21.5. The van der Waals surface area contributed by atoms with Gasteiger partial charge >= 0.3 is 11.9 Å². The predicted molar refractivity (Wildman–Crippen MR) is 124 cm³/mol. The second-order valence-electron chi connectivity index (χ2n) is 6.91. The Morgan fingerprint density at radius 2 is 1.75 bits per heavy atom. The van der Waals surface area contributed by atoms with E-state index in [1.165, 1.54) is 46.7 Å². The van der Waals surface area contributed by atoms with Crippen molar-refractivity contribution in [2.75, 3.05) is 5.01 Å². The molecule has 4 rings (SSSR count). The topological polar surface area (TPSA) is 107 Å². The third kappa shape index (κ3) is 4.05. The molecule has 9 heteroatoms. The van der Waals surface area contributed by atoms with E-state index in [1.54, 1.807) is 25.1 Å². The van der Waals surface area contributed by atoms with E-state index in [0.29, 0.717) is 22.5 Å². The molecule has 2 N–H and O–H groups in total. The van der Waals surface area contributed by atoms with Crippen molar-refractivity contribution in [3.63, 3.8) is 0 Å². The third-order valence-electron chi connectivity index (χ3n) is 4.82. The first-order chi connectivity index (χ1) is 15.2. The average Bonchev–Trinajstić information content (AvgIpc) is 3.34. The fourth-order valence-electron chi connectivity index (χ4n) is 3.17. The summed E-state index contributed by atoms with van der Waals surface area (Å²) in [6.45, 7) is 1.72. The number of thiophene rings is 1. The van der Waals surface area contributed by atoms with Gasteiger partial charge in [-0.05, 0) is 67.1 Å². The molecule has 0 bridgehead atoms. The molecule has 0 saturated carbocycles. The molecule has 1 aromatic heterocycles. The summed E-state index contributed by atoms with van der Waals surface area (Å²) in [4.78, 5) is 36.9. The molecule has 0 spiro atoms. The molecular weight excluding hydrogens is 452 g/mol. The number of benzene rings is 2. The molecule has 2 heterocycles. The largest absolute Gasteiger partial charge is 0.478 e. The number of carboxylic acids is 2. The summed E-state index contributed by atoms with van der Waals surface area (Å²) in [5, 5.41) is 24.0. The number of aromatic carboxylic acids is 2. The Labute approximate surface area is 191 Å². The van der Waals surface area contributed by atoms with Crippen LogP contribution in [-0.4, -0.2) is 33.8 Å². The van der Waals surface area contributed by atoms with Gasteiger partial charge in [-0.25, -0.2) is 9.59 Å². The lowest BCUT2D eigenvalue weighted by molar-refractivity contribution is -0.114.